The summed E-state index contributed by atoms with van der Waals surface area (Å²) in [5.41, 5.74) is 1.62. The van der Waals surface area contributed by atoms with E-state index in [1.807, 2.05) is 42.6 Å². The summed E-state index contributed by atoms with van der Waals surface area (Å²) in [4.78, 5) is 25.8. The van der Waals surface area contributed by atoms with Gasteiger partial charge < -0.3 is 9.72 Å². The van der Waals surface area contributed by atoms with E-state index >= 15 is 0 Å². The molecule has 5 aromatic rings. The van der Waals surface area contributed by atoms with Crippen LogP contribution in [0.3, 0.4) is 0 Å². The Balaban J connectivity index is 1.63. The molecule has 6 nitrogen and oxygen atoms in total. The number of pyridine rings is 1. The molecule has 1 amide bonds. The number of hydrogen-bond acceptors (Lipinski definition) is 4. The van der Waals surface area contributed by atoms with Crippen LogP contribution in [-0.2, 0) is 6.18 Å². The maximum atomic E-state index is 13.8. The Labute approximate surface area is 198 Å². The molecule has 0 aliphatic carbocycles. The number of aromatic nitrogens is 4. The Morgan fingerprint density at radius 3 is 2.34 bits per heavy atom. The first-order valence-electron chi connectivity index (χ1n) is 10.6. The molecular formula is C26H18F3N5O. The number of aryl methyl sites for hydroxylation is 1. The van der Waals surface area contributed by atoms with E-state index in [4.69, 9.17) is 0 Å². The van der Waals surface area contributed by atoms with Crippen LogP contribution in [0.15, 0.2) is 85.6 Å². The van der Waals surface area contributed by atoms with Crippen molar-refractivity contribution in [2.24, 2.45) is 0 Å². The number of amides is 1. The van der Waals surface area contributed by atoms with Crippen molar-refractivity contribution in [2.45, 2.75) is 13.1 Å². The SMILES string of the molecule is Cc1cc(C(F)(F)F)c(-c2ncccn2)cc1C(=O)Nc1c(-c2ccccc2)ccn2ccnc12. The summed E-state index contributed by atoms with van der Waals surface area (Å²) < 4.78 is 43.2. The third kappa shape index (κ3) is 4.23. The number of nitrogens with zero attached hydrogens (tertiary/aromatic N) is 4. The number of fused-ring (bicyclic) bond motifs is 1. The van der Waals surface area contributed by atoms with E-state index in [2.05, 4.69) is 20.3 Å². The van der Waals surface area contributed by atoms with Gasteiger partial charge in [0.15, 0.2) is 11.5 Å². The number of halogens is 3. The number of imidazole rings is 1. The van der Waals surface area contributed by atoms with E-state index in [1.165, 1.54) is 31.5 Å². The minimum Gasteiger partial charge on any atom is -0.318 e. The Hall–Kier alpha value is -4.53. The summed E-state index contributed by atoms with van der Waals surface area (Å²) in [5, 5.41) is 2.89. The molecule has 5 rings (SSSR count). The second kappa shape index (κ2) is 8.68. The number of hydrogen-bond donors (Lipinski definition) is 1. The number of anilines is 1. The lowest BCUT2D eigenvalue weighted by Gasteiger charge is -2.17. The summed E-state index contributed by atoms with van der Waals surface area (Å²) in [7, 11) is 0. The summed E-state index contributed by atoms with van der Waals surface area (Å²) in [6, 6.07) is 14.9. The highest BCUT2D eigenvalue weighted by Gasteiger charge is 2.35. The van der Waals surface area contributed by atoms with E-state index < -0.39 is 17.6 Å². The predicted octanol–water partition coefficient (Wildman–Crippen LogP) is 6.04. The van der Waals surface area contributed by atoms with Gasteiger partial charge in [-0.2, -0.15) is 13.2 Å². The van der Waals surface area contributed by atoms with Crippen molar-refractivity contribution in [1.82, 2.24) is 19.4 Å². The third-order valence-corrected chi connectivity index (χ3v) is 5.61. The van der Waals surface area contributed by atoms with Crippen LogP contribution in [0.4, 0.5) is 18.9 Å². The van der Waals surface area contributed by atoms with E-state index in [9.17, 15) is 18.0 Å². The lowest BCUT2D eigenvalue weighted by molar-refractivity contribution is -0.137. The Morgan fingerprint density at radius 2 is 1.63 bits per heavy atom. The fraction of sp³-hybridized carbons (Fsp3) is 0.0769. The highest BCUT2D eigenvalue weighted by molar-refractivity contribution is 6.10. The van der Waals surface area contributed by atoms with Crippen LogP contribution in [-0.4, -0.2) is 25.3 Å². The maximum Gasteiger partial charge on any atom is 0.417 e. The van der Waals surface area contributed by atoms with Gasteiger partial charge in [-0.15, -0.1) is 0 Å². The van der Waals surface area contributed by atoms with Gasteiger partial charge in [0.05, 0.1) is 11.3 Å². The van der Waals surface area contributed by atoms with Gasteiger partial charge >= 0.3 is 6.18 Å². The van der Waals surface area contributed by atoms with Gasteiger partial charge in [0.2, 0.25) is 0 Å². The molecule has 0 saturated carbocycles. The predicted molar refractivity (Wildman–Crippen MR) is 126 cm³/mol. The monoisotopic (exact) mass is 473 g/mol. The minimum absolute atomic E-state index is 0.0769. The number of carbonyl (C=O) groups is 1. The second-order valence-electron chi connectivity index (χ2n) is 7.87. The van der Waals surface area contributed by atoms with Gasteiger partial charge in [-0.05, 0) is 42.3 Å². The molecule has 3 aromatic heterocycles. The number of carbonyl (C=O) groups excluding carboxylic acids is 1. The zero-order valence-corrected chi connectivity index (χ0v) is 18.4. The van der Waals surface area contributed by atoms with Crippen LogP contribution >= 0.6 is 0 Å². The summed E-state index contributed by atoms with van der Waals surface area (Å²) in [6.07, 6.45) is 3.24. The Kier molecular flexibility index (Phi) is 5.52. The van der Waals surface area contributed by atoms with Gasteiger partial charge in [0.25, 0.3) is 5.91 Å². The van der Waals surface area contributed by atoms with Crippen molar-refractivity contribution in [3.8, 4) is 22.5 Å². The van der Waals surface area contributed by atoms with Crippen molar-refractivity contribution >= 4 is 17.2 Å². The van der Waals surface area contributed by atoms with Crippen LogP contribution < -0.4 is 5.32 Å². The van der Waals surface area contributed by atoms with Crippen molar-refractivity contribution < 1.29 is 18.0 Å². The average molecular weight is 473 g/mol. The van der Waals surface area contributed by atoms with E-state index in [1.54, 1.807) is 16.8 Å². The number of nitrogens with one attached hydrogen (secondary N) is 1. The van der Waals surface area contributed by atoms with Crippen LogP contribution in [0.2, 0.25) is 0 Å². The second-order valence-corrected chi connectivity index (χ2v) is 7.87. The third-order valence-electron chi connectivity index (χ3n) is 5.61. The molecule has 0 spiro atoms. The molecule has 1 N–H and O–H groups in total. The van der Waals surface area contributed by atoms with Crippen LogP contribution in [0.1, 0.15) is 21.5 Å². The topological polar surface area (TPSA) is 72.2 Å². The molecule has 0 radical (unpaired) electrons. The normalized spacial score (nSPS) is 11.5. The molecule has 35 heavy (non-hydrogen) atoms. The van der Waals surface area contributed by atoms with Gasteiger partial charge in [-0.25, -0.2) is 15.0 Å². The number of benzene rings is 2. The first-order valence-corrected chi connectivity index (χ1v) is 10.6. The van der Waals surface area contributed by atoms with Crippen LogP contribution in [0.5, 0.6) is 0 Å². The van der Waals surface area contributed by atoms with Crippen molar-refractivity contribution in [3.63, 3.8) is 0 Å². The molecule has 3 heterocycles. The molecule has 0 fully saturated rings. The highest BCUT2D eigenvalue weighted by atomic mass is 19.4. The minimum atomic E-state index is -4.64. The molecule has 2 aromatic carbocycles. The van der Waals surface area contributed by atoms with Crippen LogP contribution in [0, 0.1) is 6.92 Å². The summed E-state index contributed by atoms with van der Waals surface area (Å²) in [5.74, 6) is -0.684. The molecule has 0 aliphatic rings. The standard InChI is InChI=1S/C26H18F3N5O/c1-16-14-21(26(27,28)29)20(23-30-9-5-10-31-23)15-19(16)25(35)33-22-18(17-6-3-2-4-7-17)8-12-34-13-11-32-24(22)34/h2-15H,1H3,(H,33,35). The zero-order valence-electron chi connectivity index (χ0n) is 18.4. The molecule has 0 unspecified atom stereocenters. The van der Waals surface area contributed by atoms with Crippen molar-refractivity contribution in [1.29, 1.82) is 0 Å². The van der Waals surface area contributed by atoms with Crippen LogP contribution in [0.25, 0.3) is 28.2 Å². The first-order chi connectivity index (χ1) is 16.8. The largest absolute Gasteiger partial charge is 0.417 e. The molecule has 0 bridgehead atoms. The van der Waals surface area contributed by atoms with Gasteiger partial charge in [0.1, 0.15) is 0 Å². The number of alkyl halides is 3. The van der Waals surface area contributed by atoms with E-state index in [0.717, 1.165) is 17.2 Å². The molecule has 9 heteroatoms. The molecule has 0 aliphatic heterocycles. The Morgan fingerprint density at radius 1 is 0.886 bits per heavy atom. The first kappa shape index (κ1) is 22.3. The number of rotatable bonds is 4. The fourth-order valence-electron chi connectivity index (χ4n) is 3.96. The highest BCUT2D eigenvalue weighted by Crippen LogP contribution is 2.38. The van der Waals surface area contributed by atoms with Gasteiger partial charge in [-0.3, -0.25) is 4.79 Å². The lowest BCUT2D eigenvalue weighted by Crippen LogP contribution is -2.17. The van der Waals surface area contributed by atoms with Gasteiger partial charge in [-0.1, -0.05) is 30.3 Å². The average Bonchev–Trinajstić information content (AvgIpc) is 3.34. The van der Waals surface area contributed by atoms with E-state index in [-0.39, 0.29) is 22.5 Å². The maximum absolute atomic E-state index is 13.8. The lowest BCUT2D eigenvalue weighted by atomic mass is 9.97. The fourth-order valence-corrected chi connectivity index (χ4v) is 3.96. The van der Waals surface area contributed by atoms with E-state index in [0.29, 0.717) is 11.3 Å². The molecule has 0 saturated heterocycles. The Bertz CT molecular complexity index is 1530. The van der Waals surface area contributed by atoms with Gasteiger partial charge in [0, 0.05) is 47.7 Å². The zero-order chi connectivity index (χ0) is 24.6. The molecule has 174 valence electrons. The summed E-state index contributed by atoms with van der Waals surface area (Å²) >= 11 is 0. The quantitative estimate of drug-likeness (QED) is 0.346. The van der Waals surface area contributed by atoms with Crippen molar-refractivity contribution in [3.05, 3.63) is 102 Å². The molecule has 0 atom stereocenters. The summed E-state index contributed by atoms with van der Waals surface area (Å²) in [6.45, 7) is 1.47. The van der Waals surface area contributed by atoms with Crippen molar-refractivity contribution in [2.75, 3.05) is 5.32 Å². The molecular weight excluding hydrogens is 455 g/mol. The smallest absolute Gasteiger partial charge is 0.318 e.